The van der Waals surface area contributed by atoms with Gasteiger partial charge in [0.05, 0.1) is 36.5 Å². The Kier molecular flexibility index (Phi) is 6.13. The number of ether oxygens (including phenoxy) is 2. The Labute approximate surface area is 203 Å². The van der Waals surface area contributed by atoms with Crippen molar-refractivity contribution in [1.29, 1.82) is 0 Å². The fourth-order valence-corrected chi connectivity index (χ4v) is 4.39. The Morgan fingerprint density at radius 1 is 1.06 bits per heavy atom. The number of morpholine rings is 1. The fraction of sp³-hybridized carbons (Fsp3) is 0.565. The summed E-state index contributed by atoms with van der Waals surface area (Å²) in [6, 6.07) is 0.106. The summed E-state index contributed by atoms with van der Waals surface area (Å²) in [7, 11) is 0. The van der Waals surface area contributed by atoms with Crippen LogP contribution in [0.2, 0.25) is 0 Å². The molecule has 2 aliphatic rings. The second-order valence-electron chi connectivity index (χ2n) is 9.83. The predicted octanol–water partition coefficient (Wildman–Crippen LogP) is 2.27. The predicted molar refractivity (Wildman–Crippen MR) is 130 cm³/mol. The number of fused-ring (bicyclic) bond motifs is 1. The molecule has 5 rings (SSSR count). The molecule has 2 fully saturated rings. The van der Waals surface area contributed by atoms with Gasteiger partial charge in [0.1, 0.15) is 5.60 Å². The average molecular weight is 482 g/mol. The molecule has 0 atom stereocenters. The summed E-state index contributed by atoms with van der Waals surface area (Å²) in [5, 5.41) is 5.53. The second kappa shape index (κ2) is 9.25. The Morgan fingerprint density at radius 2 is 1.74 bits per heavy atom. The van der Waals surface area contributed by atoms with E-state index < -0.39 is 5.60 Å². The quantitative estimate of drug-likeness (QED) is 0.593. The third-order valence-electron chi connectivity index (χ3n) is 6.14. The van der Waals surface area contributed by atoms with Gasteiger partial charge in [0.2, 0.25) is 11.9 Å². The molecule has 2 aliphatic heterocycles. The number of hydrogen-bond donors (Lipinski definition) is 1. The number of amides is 1. The molecule has 0 aromatic carbocycles. The van der Waals surface area contributed by atoms with E-state index in [4.69, 9.17) is 30.3 Å². The standard InChI is InChI=1S/C23H31N9O3/c1-23(2,3)35-22(33)31-6-4-16(5-7-31)32-19-17(14-27-32)18(15-12-25-20(24)26-13-15)28-21(29-19)30-8-10-34-11-9-30/h12-14,16H,4-11H2,1-3H3,(H2,24,25,26). The van der Waals surface area contributed by atoms with Crippen molar-refractivity contribution in [1.82, 2.24) is 34.6 Å². The van der Waals surface area contributed by atoms with E-state index in [0.29, 0.717) is 51.0 Å². The number of nitrogens with two attached hydrogens (primary N) is 1. The summed E-state index contributed by atoms with van der Waals surface area (Å²) in [5.41, 5.74) is 7.41. The Bertz CT molecular complexity index is 1190. The Balaban J connectivity index is 1.46. The van der Waals surface area contributed by atoms with E-state index in [1.54, 1.807) is 23.5 Å². The van der Waals surface area contributed by atoms with E-state index in [2.05, 4.69) is 14.9 Å². The molecule has 0 unspecified atom stereocenters. The van der Waals surface area contributed by atoms with Crippen LogP contribution in [0.3, 0.4) is 0 Å². The molecular formula is C23H31N9O3. The third kappa shape index (κ3) is 4.97. The molecule has 0 saturated carbocycles. The first-order valence-corrected chi connectivity index (χ1v) is 11.9. The molecule has 0 spiro atoms. The van der Waals surface area contributed by atoms with Gasteiger partial charge < -0.3 is 25.0 Å². The van der Waals surface area contributed by atoms with Crippen LogP contribution in [0.4, 0.5) is 16.7 Å². The van der Waals surface area contributed by atoms with Crippen LogP contribution < -0.4 is 10.6 Å². The van der Waals surface area contributed by atoms with Crippen LogP contribution in [0.15, 0.2) is 18.6 Å². The number of piperidine rings is 1. The van der Waals surface area contributed by atoms with Crippen molar-refractivity contribution in [2.24, 2.45) is 0 Å². The highest BCUT2D eigenvalue weighted by atomic mass is 16.6. The number of aromatic nitrogens is 6. The van der Waals surface area contributed by atoms with E-state index >= 15 is 0 Å². The van der Waals surface area contributed by atoms with E-state index in [0.717, 1.165) is 29.4 Å². The van der Waals surface area contributed by atoms with Crippen molar-refractivity contribution in [2.75, 3.05) is 50.0 Å². The number of hydrogen-bond acceptors (Lipinski definition) is 10. The van der Waals surface area contributed by atoms with Gasteiger partial charge in [-0.25, -0.2) is 24.4 Å². The number of carbonyl (C=O) groups is 1. The topological polar surface area (TPSA) is 137 Å². The van der Waals surface area contributed by atoms with Gasteiger partial charge in [-0.1, -0.05) is 0 Å². The van der Waals surface area contributed by atoms with E-state index in [1.165, 1.54) is 0 Å². The third-order valence-corrected chi connectivity index (χ3v) is 6.14. The van der Waals surface area contributed by atoms with Crippen molar-refractivity contribution < 1.29 is 14.3 Å². The first-order chi connectivity index (χ1) is 16.8. The molecule has 2 saturated heterocycles. The van der Waals surface area contributed by atoms with Crippen molar-refractivity contribution in [3.8, 4) is 11.3 Å². The lowest BCUT2D eigenvalue weighted by molar-refractivity contribution is 0.0186. The smallest absolute Gasteiger partial charge is 0.410 e. The molecule has 35 heavy (non-hydrogen) atoms. The van der Waals surface area contributed by atoms with Gasteiger partial charge in [0, 0.05) is 44.1 Å². The molecular weight excluding hydrogens is 450 g/mol. The van der Waals surface area contributed by atoms with Crippen LogP contribution in [0.1, 0.15) is 39.7 Å². The number of carbonyl (C=O) groups excluding carboxylic acids is 1. The minimum Gasteiger partial charge on any atom is -0.444 e. The van der Waals surface area contributed by atoms with E-state index in [1.807, 2.05) is 25.5 Å². The molecule has 12 heteroatoms. The maximum absolute atomic E-state index is 12.5. The largest absolute Gasteiger partial charge is 0.444 e. The molecule has 0 bridgehead atoms. The molecule has 2 N–H and O–H groups in total. The van der Waals surface area contributed by atoms with Crippen molar-refractivity contribution in [3.63, 3.8) is 0 Å². The molecule has 5 heterocycles. The van der Waals surface area contributed by atoms with Gasteiger partial charge >= 0.3 is 6.09 Å². The maximum atomic E-state index is 12.5. The lowest BCUT2D eigenvalue weighted by Crippen LogP contribution is -2.42. The highest BCUT2D eigenvalue weighted by Gasteiger charge is 2.29. The fourth-order valence-electron chi connectivity index (χ4n) is 4.39. The molecule has 0 aliphatic carbocycles. The zero-order valence-electron chi connectivity index (χ0n) is 20.3. The molecule has 186 valence electrons. The van der Waals surface area contributed by atoms with Crippen molar-refractivity contribution >= 4 is 29.0 Å². The lowest BCUT2D eigenvalue weighted by Gasteiger charge is -2.33. The SMILES string of the molecule is CC(C)(C)OC(=O)N1CCC(n2ncc3c(-c4cnc(N)nc4)nc(N4CCOCC4)nc32)CC1. The number of anilines is 2. The number of nitrogen functional groups attached to an aromatic ring is 1. The zero-order valence-corrected chi connectivity index (χ0v) is 20.3. The van der Waals surface area contributed by atoms with Crippen molar-refractivity contribution in [3.05, 3.63) is 18.6 Å². The zero-order chi connectivity index (χ0) is 24.6. The molecule has 0 radical (unpaired) electrons. The summed E-state index contributed by atoms with van der Waals surface area (Å²) in [5.74, 6) is 0.834. The van der Waals surface area contributed by atoms with Crippen LogP contribution in [0, 0.1) is 0 Å². The van der Waals surface area contributed by atoms with Gasteiger partial charge in [0.15, 0.2) is 5.65 Å². The van der Waals surface area contributed by atoms with Gasteiger partial charge in [0.25, 0.3) is 0 Å². The summed E-state index contributed by atoms with van der Waals surface area (Å²) in [6.07, 6.45) is 6.38. The summed E-state index contributed by atoms with van der Waals surface area (Å²) >= 11 is 0. The van der Waals surface area contributed by atoms with Crippen LogP contribution in [0.25, 0.3) is 22.3 Å². The van der Waals surface area contributed by atoms with Gasteiger partial charge in [-0.3, -0.25) is 0 Å². The van der Waals surface area contributed by atoms with Crippen LogP contribution >= 0.6 is 0 Å². The summed E-state index contributed by atoms with van der Waals surface area (Å²) < 4.78 is 13.0. The van der Waals surface area contributed by atoms with E-state index in [-0.39, 0.29) is 18.1 Å². The molecule has 3 aromatic rings. The van der Waals surface area contributed by atoms with Gasteiger partial charge in [-0.05, 0) is 33.6 Å². The Morgan fingerprint density at radius 3 is 2.40 bits per heavy atom. The molecule has 1 amide bonds. The highest BCUT2D eigenvalue weighted by molar-refractivity contribution is 5.91. The Hall–Kier alpha value is -3.54. The first kappa shape index (κ1) is 23.2. The van der Waals surface area contributed by atoms with Crippen molar-refractivity contribution in [2.45, 2.75) is 45.3 Å². The minimum atomic E-state index is -0.513. The van der Waals surface area contributed by atoms with E-state index in [9.17, 15) is 4.79 Å². The highest BCUT2D eigenvalue weighted by Crippen LogP contribution is 2.32. The lowest BCUT2D eigenvalue weighted by atomic mass is 10.1. The van der Waals surface area contributed by atoms with Gasteiger partial charge in [-0.2, -0.15) is 10.1 Å². The first-order valence-electron chi connectivity index (χ1n) is 11.9. The normalized spacial score (nSPS) is 17.7. The van der Waals surface area contributed by atoms with Crippen LogP contribution in [0.5, 0.6) is 0 Å². The average Bonchev–Trinajstić information content (AvgIpc) is 3.28. The summed E-state index contributed by atoms with van der Waals surface area (Å²) in [4.78, 5) is 34.5. The molecule has 3 aromatic heterocycles. The molecule has 12 nitrogen and oxygen atoms in total. The number of likely N-dealkylation sites (tertiary alicyclic amines) is 1. The number of nitrogens with zero attached hydrogens (tertiary/aromatic N) is 8. The van der Waals surface area contributed by atoms with Crippen LogP contribution in [-0.2, 0) is 9.47 Å². The maximum Gasteiger partial charge on any atom is 0.410 e. The minimum absolute atomic E-state index is 0.106. The monoisotopic (exact) mass is 481 g/mol. The number of rotatable bonds is 3. The van der Waals surface area contributed by atoms with Gasteiger partial charge in [-0.15, -0.1) is 0 Å². The summed E-state index contributed by atoms with van der Waals surface area (Å²) in [6.45, 7) is 9.52. The van der Waals surface area contributed by atoms with Crippen LogP contribution in [-0.4, -0.2) is 85.7 Å². The second-order valence-corrected chi connectivity index (χ2v) is 9.83.